The molecule has 1 rings (SSSR count). The first-order valence-electron chi connectivity index (χ1n) is 4.60. The van der Waals surface area contributed by atoms with Crippen LogP contribution in [0.4, 0.5) is 0 Å². The van der Waals surface area contributed by atoms with E-state index in [2.05, 4.69) is 12.1 Å². The highest BCUT2D eigenvalue weighted by atomic mass is 16.5. The van der Waals surface area contributed by atoms with Crippen LogP contribution in [0.25, 0.3) is 0 Å². The molecule has 1 aliphatic rings. The summed E-state index contributed by atoms with van der Waals surface area (Å²) >= 11 is 0. The SMILES string of the molecule is CO[C@H]1CCCC[C@@]1(C#N)CC#N. The molecule has 0 N–H and O–H groups in total. The smallest absolute Gasteiger partial charge is 0.0963 e. The molecule has 0 amide bonds. The fourth-order valence-corrected chi connectivity index (χ4v) is 2.06. The molecule has 1 aliphatic carbocycles. The van der Waals surface area contributed by atoms with Crippen molar-refractivity contribution in [3.8, 4) is 12.1 Å². The molecule has 70 valence electrons. The minimum Gasteiger partial charge on any atom is -0.380 e. The van der Waals surface area contributed by atoms with Gasteiger partial charge in [-0.15, -0.1) is 0 Å². The first kappa shape index (κ1) is 10.0. The Balaban J connectivity index is 2.81. The number of methoxy groups -OCH3 is 1. The highest BCUT2D eigenvalue weighted by molar-refractivity contribution is 5.09. The summed E-state index contributed by atoms with van der Waals surface area (Å²) < 4.78 is 5.28. The van der Waals surface area contributed by atoms with E-state index in [0.717, 1.165) is 25.7 Å². The Bertz CT molecular complexity index is 251. The van der Waals surface area contributed by atoms with Crippen molar-refractivity contribution in [3.05, 3.63) is 0 Å². The summed E-state index contributed by atoms with van der Waals surface area (Å²) in [6.45, 7) is 0. The summed E-state index contributed by atoms with van der Waals surface area (Å²) in [5.74, 6) is 0. The van der Waals surface area contributed by atoms with Gasteiger partial charge in [0.25, 0.3) is 0 Å². The van der Waals surface area contributed by atoms with Crippen molar-refractivity contribution < 1.29 is 4.74 Å². The van der Waals surface area contributed by atoms with Gasteiger partial charge < -0.3 is 4.74 Å². The van der Waals surface area contributed by atoms with Gasteiger partial charge in [0, 0.05) is 7.11 Å². The van der Waals surface area contributed by atoms with Gasteiger partial charge in [0.2, 0.25) is 0 Å². The zero-order valence-corrected chi connectivity index (χ0v) is 7.92. The van der Waals surface area contributed by atoms with Crippen molar-refractivity contribution in [1.29, 1.82) is 10.5 Å². The lowest BCUT2D eigenvalue weighted by Gasteiger charge is -2.36. The van der Waals surface area contributed by atoms with E-state index in [1.807, 2.05) is 0 Å². The summed E-state index contributed by atoms with van der Waals surface area (Å²) in [5, 5.41) is 17.8. The average Bonchev–Trinajstić information content (AvgIpc) is 2.19. The molecule has 2 atom stereocenters. The monoisotopic (exact) mass is 178 g/mol. The molecule has 0 bridgehead atoms. The molecule has 0 aromatic rings. The molecule has 3 nitrogen and oxygen atoms in total. The van der Waals surface area contributed by atoms with Gasteiger partial charge in [0.15, 0.2) is 0 Å². The molecule has 0 aromatic carbocycles. The number of ether oxygens (including phenoxy) is 1. The summed E-state index contributed by atoms with van der Waals surface area (Å²) in [5.41, 5.74) is -0.540. The quantitative estimate of drug-likeness (QED) is 0.649. The standard InChI is InChI=1S/C10H14N2O/c1-13-9-4-2-3-5-10(9,8-12)6-7-11/h9H,2-6H2,1H3/t9-,10-/m0/s1. The van der Waals surface area contributed by atoms with Crippen LogP contribution in [0.3, 0.4) is 0 Å². The van der Waals surface area contributed by atoms with E-state index in [1.54, 1.807) is 7.11 Å². The topological polar surface area (TPSA) is 56.8 Å². The normalized spacial score (nSPS) is 33.3. The van der Waals surface area contributed by atoms with Gasteiger partial charge in [-0.1, -0.05) is 12.8 Å². The molecule has 1 fully saturated rings. The van der Waals surface area contributed by atoms with Crippen molar-refractivity contribution in [3.63, 3.8) is 0 Å². The van der Waals surface area contributed by atoms with Gasteiger partial charge in [0.05, 0.1) is 30.1 Å². The molecule has 0 aliphatic heterocycles. The van der Waals surface area contributed by atoms with Crippen LogP contribution in [-0.4, -0.2) is 13.2 Å². The third-order valence-electron chi connectivity index (χ3n) is 2.86. The minimum atomic E-state index is -0.540. The molecular formula is C10H14N2O. The number of rotatable bonds is 2. The molecule has 0 aromatic heterocycles. The first-order chi connectivity index (χ1) is 6.29. The predicted octanol–water partition coefficient (Wildman–Crippen LogP) is 2.00. The second-order valence-corrected chi connectivity index (χ2v) is 3.57. The second-order valence-electron chi connectivity index (χ2n) is 3.57. The molecule has 0 saturated heterocycles. The van der Waals surface area contributed by atoms with Crippen molar-refractivity contribution in [2.45, 2.75) is 38.2 Å². The second kappa shape index (κ2) is 4.25. The lowest BCUT2D eigenvalue weighted by Crippen LogP contribution is -2.38. The van der Waals surface area contributed by atoms with Crippen molar-refractivity contribution in [2.75, 3.05) is 7.11 Å². The Morgan fingerprint density at radius 1 is 1.46 bits per heavy atom. The molecule has 0 radical (unpaired) electrons. The third-order valence-corrected chi connectivity index (χ3v) is 2.86. The van der Waals surface area contributed by atoms with Gasteiger partial charge >= 0.3 is 0 Å². The number of hydrogen-bond acceptors (Lipinski definition) is 3. The van der Waals surface area contributed by atoms with E-state index in [-0.39, 0.29) is 6.10 Å². The zero-order valence-electron chi connectivity index (χ0n) is 7.92. The van der Waals surface area contributed by atoms with E-state index in [1.165, 1.54) is 0 Å². The van der Waals surface area contributed by atoms with Crippen LogP contribution in [0.5, 0.6) is 0 Å². The highest BCUT2D eigenvalue weighted by Gasteiger charge is 2.41. The molecule has 0 heterocycles. The van der Waals surface area contributed by atoms with Crippen LogP contribution < -0.4 is 0 Å². The lowest BCUT2D eigenvalue weighted by molar-refractivity contribution is -0.00982. The van der Waals surface area contributed by atoms with Crippen LogP contribution in [0, 0.1) is 28.1 Å². The van der Waals surface area contributed by atoms with Crippen molar-refractivity contribution >= 4 is 0 Å². The van der Waals surface area contributed by atoms with Crippen molar-refractivity contribution in [2.24, 2.45) is 5.41 Å². The van der Waals surface area contributed by atoms with Crippen LogP contribution in [0.15, 0.2) is 0 Å². The van der Waals surface area contributed by atoms with Gasteiger partial charge in [0.1, 0.15) is 0 Å². The Kier molecular flexibility index (Phi) is 3.28. The molecule has 13 heavy (non-hydrogen) atoms. The Morgan fingerprint density at radius 3 is 2.77 bits per heavy atom. The Labute approximate surface area is 78.9 Å². The Hall–Kier alpha value is -1.06. The maximum Gasteiger partial charge on any atom is 0.0963 e. The Morgan fingerprint density at radius 2 is 2.23 bits per heavy atom. The maximum atomic E-state index is 9.09. The summed E-state index contributed by atoms with van der Waals surface area (Å²) in [6.07, 6.45) is 4.09. The number of nitriles is 2. The fraction of sp³-hybridized carbons (Fsp3) is 0.800. The van der Waals surface area contributed by atoms with Crippen LogP contribution in [0.1, 0.15) is 32.1 Å². The number of hydrogen-bond donors (Lipinski definition) is 0. The lowest BCUT2D eigenvalue weighted by atomic mass is 9.71. The molecular weight excluding hydrogens is 164 g/mol. The van der Waals surface area contributed by atoms with E-state index >= 15 is 0 Å². The van der Waals surface area contributed by atoms with E-state index in [0.29, 0.717) is 6.42 Å². The van der Waals surface area contributed by atoms with Crippen LogP contribution in [-0.2, 0) is 4.74 Å². The van der Waals surface area contributed by atoms with Gasteiger partial charge in [-0.2, -0.15) is 10.5 Å². The highest BCUT2D eigenvalue weighted by Crippen LogP contribution is 2.40. The largest absolute Gasteiger partial charge is 0.380 e. The zero-order chi connectivity index (χ0) is 9.73. The maximum absolute atomic E-state index is 9.09. The molecule has 1 saturated carbocycles. The summed E-state index contributed by atoms with van der Waals surface area (Å²) in [7, 11) is 1.62. The number of nitrogens with zero attached hydrogens (tertiary/aromatic N) is 2. The van der Waals surface area contributed by atoms with Crippen LogP contribution >= 0.6 is 0 Å². The van der Waals surface area contributed by atoms with Crippen molar-refractivity contribution in [1.82, 2.24) is 0 Å². The summed E-state index contributed by atoms with van der Waals surface area (Å²) in [4.78, 5) is 0. The van der Waals surface area contributed by atoms with E-state index in [9.17, 15) is 0 Å². The summed E-state index contributed by atoms with van der Waals surface area (Å²) in [6, 6.07) is 4.36. The third kappa shape index (κ3) is 1.82. The molecule has 0 unspecified atom stereocenters. The van der Waals surface area contributed by atoms with Crippen LogP contribution in [0.2, 0.25) is 0 Å². The van der Waals surface area contributed by atoms with Gasteiger partial charge in [-0.3, -0.25) is 0 Å². The van der Waals surface area contributed by atoms with E-state index < -0.39 is 5.41 Å². The fourth-order valence-electron chi connectivity index (χ4n) is 2.06. The molecule has 3 heteroatoms. The first-order valence-corrected chi connectivity index (χ1v) is 4.60. The average molecular weight is 178 g/mol. The van der Waals surface area contributed by atoms with Gasteiger partial charge in [-0.05, 0) is 12.8 Å². The minimum absolute atomic E-state index is 0.0501. The predicted molar refractivity (Wildman–Crippen MR) is 47.5 cm³/mol. The van der Waals surface area contributed by atoms with E-state index in [4.69, 9.17) is 15.3 Å². The van der Waals surface area contributed by atoms with Gasteiger partial charge in [-0.25, -0.2) is 0 Å². The molecule has 0 spiro atoms.